The van der Waals surface area contributed by atoms with Gasteiger partial charge in [-0.1, -0.05) is 48.5 Å². The lowest BCUT2D eigenvalue weighted by Gasteiger charge is -2.23. The number of rotatable bonds is 5. The minimum Gasteiger partial charge on any atom is -0.489 e. The Morgan fingerprint density at radius 2 is 1.65 bits per heavy atom. The number of aryl methyl sites for hydroxylation is 2. The largest absolute Gasteiger partial charge is 0.489 e. The summed E-state index contributed by atoms with van der Waals surface area (Å²) < 4.78 is 33.7. The van der Waals surface area contributed by atoms with E-state index in [1.54, 1.807) is 24.3 Å². The molecule has 0 saturated carbocycles. The second kappa shape index (κ2) is 8.53. The van der Waals surface area contributed by atoms with Gasteiger partial charge >= 0.3 is 10.2 Å². The Bertz CT molecular complexity index is 1200. The van der Waals surface area contributed by atoms with E-state index >= 15 is 0 Å². The number of hydrogen-bond acceptors (Lipinski definition) is 4. The van der Waals surface area contributed by atoms with Crippen molar-refractivity contribution in [1.29, 1.82) is 0 Å². The Balaban J connectivity index is 1.45. The van der Waals surface area contributed by atoms with Crippen molar-refractivity contribution in [3.8, 4) is 16.9 Å². The molecule has 1 aliphatic rings. The average molecular weight is 437 g/mol. The molecule has 6 nitrogen and oxygen atoms in total. The summed E-state index contributed by atoms with van der Waals surface area (Å²) in [5.74, 6) is 0.150. The predicted molar refractivity (Wildman–Crippen MR) is 120 cm³/mol. The van der Waals surface area contributed by atoms with Gasteiger partial charge in [0.15, 0.2) is 0 Å². The monoisotopic (exact) mass is 436 g/mol. The van der Waals surface area contributed by atoms with E-state index in [1.807, 2.05) is 16.9 Å². The lowest BCUT2D eigenvalue weighted by molar-refractivity contribution is -0.120. The fraction of sp³-hybridized carbons (Fsp3) is 0.208. The third kappa shape index (κ3) is 4.95. The summed E-state index contributed by atoms with van der Waals surface area (Å²) >= 11 is 0. The number of ether oxygens (including phenoxy) is 1. The molecular weight excluding hydrogens is 412 g/mol. The molecule has 1 atom stereocenters. The van der Waals surface area contributed by atoms with Crippen molar-refractivity contribution in [3.05, 3.63) is 89.0 Å². The van der Waals surface area contributed by atoms with Crippen LogP contribution in [0, 0.1) is 13.8 Å². The van der Waals surface area contributed by atoms with Crippen molar-refractivity contribution in [3.63, 3.8) is 0 Å². The molecular formula is C24H24N2O4S. The van der Waals surface area contributed by atoms with Crippen molar-refractivity contribution < 1.29 is 17.9 Å². The predicted octanol–water partition coefficient (Wildman–Crippen LogP) is 3.94. The van der Waals surface area contributed by atoms with Crippen molar-refractivity contribution in [2.24, 2.45) is 0 Å². The van der Waals surface area contributed by atoms with E-state index in [0.29, 0.717) is 17.9 Å². The maximum atomic E-state index is 11.7. The molecule has 4 rings (SSSR count). The van der Waals surface area contributed by atoms with Gasteiger partial charge in [0.25, 0.3) is 0 Å². The number of carbonyl (C=O) groups excluding carboxylic acids is 1. The van der Waals surface area contributed by atoms with Crippen LogP contribution in [0.25, 0.3) is 11.1 Å². The van der Waals surface area contributed by atoms with Gasteiger partial charge in [0.1, 0.15) is 12.4 Å². The molecule has 31 heavy (non-hydrogen) atoms. The highest BCUT2D eigenvalue weighted by molar-refractivity contribution is 7.88. The first-order valence-electron chi connectivity index (χ1n) is 10.0. The summed E-state index contributed by atoms with van der Waals surface area (Å²) in [5.41, 5.74) is 6.65. The highest BCUT2D eigenvalue weighted by Gasteiger charge is 2.29. The first-order chi connectivity index (χ1) is 14.8. The van der Waals surface area contributed by atoms with Gasteiger partial charge in [-0.3, -0.25) is 4.79 Å². The maximum absolute atomic E-state index is 11.7. The molecule has 0 aliphatic carbocycles. The molecule has 0 aromatic heterocycles. The van der Waals surface area contributed by atoms with Crippen molar-refractivity contribution in [2.75, 3.05) is 0 Å². The third-order valence-electron chi connectivity index (χ3n) is 5.32. The van der Waals surface area contributed by atoms with Crippen LogP contribution in [-0.2, 0) is 21.6 Å². The first kappa shape index (κ1) is 21.1. The fourth-order valence-electron chi connectivity index (χ4n) is 3.87. The molecule has 160 valence electrons. The average Bonchev–Trinajstić information content (AvgIpc) is 2.71. The Kier molecular flexibility index (Phi) is 5.80. The molecule has 1 saturated heterocycles. The highest BCUT2D eigenvalue weighted by atomic mass is 32.2. The van der Waals surface area contributed by atoms with Crippen LogP contribution in [0.2, 0.25) is 0 Å². The molecule has 7 heteroatoms. The molecule has 3 aromatic rings. The smallest absolute Gasteiger partial charge is 0.301 e. The van der Waals surface area contributed by atoms with E-state index in [9.17, 15) is 13.2 Å². The Labute approximate surface area is 182 Å². The van der Waals surface area contributed by atoms with E-state index < -0.39 is 22.2 Å². The van der Waals surface area contributed by atoms with Crippen LogP contribution in [0.15, 0.2) is 66.7 Å². The topological polar surface area (TPSA) is 84.5 Å². The lowest BCUT2D eigenvalue weighted by atomic mass is 9.95. The van der Waals surface area contributed by atoms with Crippen molar-refractivity contribution in [1.82, 2.24) is 9.44 Å². The Morgan fingerprint density at radius 3 is 2.32 bits per heavy atom. The van der Waals surface area contributed by atoms with Gasteiger partial charge in [-0.05, 0) is 65.4 Å². The summed E-state index contributed by atoms with van der Waals surface area (Å²) in [6.45, 7) is 4.64. The number of carbonyl (C=O) groups is 1. The molecule has 0 radical (unpaired) electrons. The van der Waals surface area contributed by atoms with Crippen LogP contribution < -0.4 is 14.2 Å². The first-order valence-corrected chi connectivity index (χ1v) is 11.5. The standard InChI is InChI=1S/C24H24N2O4S/c1-16-5-3-6-17(2)24(16)20-8-4-7-18(13-20)15-30-21-11-9-19(10-12-21)22-14-23(27)26-31(28,29)25-22/h3-13,22,25H,14-15H2,1-2H3,(H,26,27). The molecule has 1 amide bonds. The van der Waals surface area contributed by atoms with Crippen LogP contribution in [0.4, 0.5) is 0 Å². The third-order valence-corrected chi connectivity index (χ3v) is 6.41. The van der Waals surface area contributed by atoms with Gasteiger partial charge in [-0.2, -0.15) is 13.1 Å². The summed E-state index contributed by atoms with van der Waals surface area (Å²) in [5, 5.41) is 0. The van der Waals surface area contributed by atoms with E-state index in [-0.39, 0.29) is 6.42 Å². The summed E-state index contributed by atoms with van der Waals surface area (Å²) in [6, 6.07) is 21.1. The van der Waals surface area contributed by atoms with Crippen LogP contribution in [0.5, 0.6) is 5.75 Å². The zero-order valence-electron chi connectivity index (χ0n) is 17.4. The van der Waals surface area contributed by atoms with Gasteiger partial charge in [0.2, 0.25) is 5.91 Å². The molecule has 0 spiro atoms. The molecule has 1 heterocycles. The number of benzene rings is 3. The van der Waals surface area contributed by atoms with Gasteiger partial charge in [0, 0.05) is 6.42 Å². The highest BCUT2D eigenvalue weighted by Crippen LogP contribution is 2.28. The minimum atomic E-state index is -3.80. The minimum absolute atomic E-state index is 0.0601. The molecule has 0 bridgehead atoms. The molecule has 3 aromatic carbocycles. The SMILES string of the molecule is Cc1cccc(C)c1-c1cccc(COc2ccc(C3CC(=O)NS(=O)(=O)N3)cc2)c1. The Hall–Kier alpha value is -3.16. The van der Waals surface area contributed by atoms with Gasteiger partial charge in [-0.25, -0.2) is 4.72 Å². The number of amides is 1. The molecule has 1 fully saturated rings. The fourth-order valence-corrected chi connectivity index (χ4v) is 4.91. The van der Waals surface area contributed by atoms with Gasteiger partial charge in [-0.15, -0.1) is 0 Å². The molecule has 1 unspecified atom stereocenters. The molecule has 2 N–H and O–H groups in total. The van der Waals surface area contributed by atoms with E-state index in [0.717, 1.165) is 11.1 Å². The molecule has 1 aliphatic heterocycles. The zero-order valence-corrected chi connectivity index (χ0v) is 18.2. The number of nitrogens with one attached hydrogen (secondary N) is 2. The summed E-state index contributed by atoms with van der Waals surface area (Å²) in [7, 11) is -3.80. The van der Waals surface area contributed by atoms with Crippen LogP contribution >= 0.6 is 0 Å². The zero-order chi connectivity index (χ0) is 22.0. The number of hydrogen-bond donors (Lipinski definition) is 2. The Morgan fingerprint density at radius 1 is 0.968 bits per heavy atom. The quantitative estimate of drug-likeness (QED) is 0.634. The summed E-state index contributed by atoms with van der Waals surface area (Å²) in [6.07, 6.45) is 0.0601. The van der Waals surface area contributed by atoms with E-state index in [1.165, 1.54) is 16.7 Å². The second-order valence-electron chi connectivity index (χ2n) is 7.73. The van der Waals surface area contributed by atoms with Crippen LogP contribution in [0.1, 0.15) is 34.7 Å². The second-order valence-corrected chi connectivity index (χ2v) is 9.17. The van der Waals surface area contributed by atoms with Crippen molar-refractivity contribution >= 4 is 16.1 Å². The van der Waals surface area contributed by atoms with Gasteiger partial charge < -0.3 is 4.74 Å². The van der Waals surface area contributed by atoms with E-state index in [2.05, 4.69) is 48.9 Å². The maximum Gasteiger partial charge on any atom is 0.301 e. The van der Waals surface area contributed by atoms with Crippen LogP contribution in [-0.4, -0.2) is 14.3 Å². The van der Waals surface area contributed by atoms with Gasteiger partial charge in [0.05, 0.1) is 6.04 Å². The summed E-state index contributed by atoms with van der Waals surface area (Å²) in [4.78, 5) is 11.6. The van der Waals surface area contributed by atoms with Crippen molar-refractivity contribution in [2.45, 2.75) is 32.9 Å². The normalized spacial score (nSPS) is 17.7. The van der Waals surface area contributed by atoms with Crippen LogP contribution in [0.3, 0.4) is 0 Å². The van der Waals surface area contributed by atoms with E-state index in [4.69, 9.17) is 4.74 Å². The lowest BCUT2D eigenvalue weighted by Crippen LogP contribution is -2.48.